The first-order chi connectivity index (χ1) is 17.3. The van der Waals surface area contributed by atoms with E-state index < -0.39 is 18.2 Å². The molecule has 2 amide bonds. The SMILES string of the molecule is C[C@@H]1C[C@@H](F)c2ncnc(N3CCN(C(=O)[C@H](CN(CC4CC4)C(=O)O)c4ccc(Cl)cc4)CC3)c21. The summed E-state index contributed by atoms with van der Waals surface area (Å²) in [6, 6.07) is 7.07. The average Bonchev–Trinajstić information content (AvgIpc) is 3.65. The number of hydrogen-bond donors (Lipinski definition) is 1. The molecule has 1 aromatic carbocycles. The predicted octanol–water partition coefficient (Wildman–Crippen LogP) is 4.47. The molecule has 0 bridgehead atoms. The molecule has 0 spiro atoms. The minimum atomic E-state index is -1.06. The smallest absolute Gasteiger partial charge is 0.407 e. The summed E-state index contributed by atoms with van der Waals surface area (Å²) in [5.74, 6) is 0.485. The van der Waals surface area contributed by atoms with Crippen molar-refractivity contribution in [3.05, 3.63) is 52.4 Å². The maximum Gasteiger partial charge on any atom is 0.407 e. The predicted molar refractivity (Wildman–Crippen MR) is 134 cm³/mol. The molecule has 5 rings (SSSR count). The molecule has 1 aromatic heterocycles. The zero-order valence-electron chi connectivity index (χ0n) is 20.3. The summed E-state index contributed by atoms with van der Waals surface area (Å²) in [6.07, 6.45) is 1.83. The number of alkyl halides is 1. The van der Waals surface area contributed by atoms with E-state index in [1.807, 2.05) is 6.92 Å². The summed E-state index contributed by atoms with van der Waals surface area (Å²) in [5, 5.41) is 10.4. The third kappa shape index (κ3) is 5.12. The molecule has 1 saturated carbocycles. The van der Waals surface area contributed by atoms with Gasteiger partial charge >= 0.3 is 6.09 Å². The van der Waals surface area contributed by atoms with Gasteiger partial charge in [0.15, 0.2) is 0 Å². The van der Waals surface area contributed by atoms with E-state index in [4.69, 9.17) is 11.6 Å². The van der Waals surface area contributed by atoms with Crippen LogP contribution in [0.15, 0.2) is 30.6 Å². The van der Waals surface area contributed by atoms with Gasteiger partial charge in [0.25, 0.3) is 0 Å². The monoisotopic (exact) mass is 515 g/mol. The molecule has 3 atom stereocenters. The quantitative estimate of drug-likeness (QED) is 0.585. The highest BCUT2D eigenvalue weighted by molar-refractivity contribution is 6.30. The van der Waals surface area contributed by atoms with Crippen molar-refractivity contribution in [2.45, 2.75) is 44.2 Å². The molecule has 0 radical (unpaired) electrons. The number of carbonyl (C=O) groups excluding carboxylic acids is 1. The van der Waals surface area contributed by atoms with Gasteiger partial charge in [0.1, 0.15) is 18.3 Å². The molecule has 2 fully saturated rings. The highest BCUT2D eigenvalue weighted by atomic mass is 35.5. The number of amides is 2. The zero-order valence-corrected chi connectivity index (χ0v) is 21.1. The van der Waals surface area contributed by atoms with E-state index in [1.54, 1.807) is 29.2 Å². The molecule has 36 heavy (non-hydrogen) atoms. The lowest BCUT2D eigenvalue weighted by Crippen LogP contribution is -2.52. The molecule has 1 saturated heterocycles. The summed E-state index contributed by atoms with van der Waals surface area (Å²) in [5.41, 5.74) is 2.12. The normalized spacial score (nSPS) is 22.3. The average molecular weight is 516 g/mol. The Morgan fingerprint density at radius 3 is 2.50 bits per heavy atom. The molecule has 2 aliphatic carbocycles. The summed E-state index contributed by atoms with van der Waals surface area (Å²) in [6.45, 7) is 4.65. The Hall–Kier alpha value is -2.94. The van der Waals surface area contributed by atoms with Crippen LogP contribution >= 0.6 is 11.6 Å². The van der Waals surface area contributed by atoms with Crippen LogP contribution < -0.4 is 4.90 Å². The summed E-state index contributed by atoms with van der Waals surface area (Å²) in [7, 11) is 0. The minimum absolute atomic E-state index is 0.0496. The fourth-order valence-corrected chi connectivity index (χ4v) is 5.48. The fraction of sp³-hybridized carbons (Fsp3) is 0.538. The molecule has 2 aromatic rings. The summed E-state index contributed by atoms with van der Waals surface area (Å²) in [4.78, 5) is 39.6. The van der Waals surface area contributed by atoms with Gasteiger partial charge in [0, 0.05) is 49.9 Å². The van der Waals surface area contributed by atoms with Gasteiger partial charge in [-0.2, -0.15) is 0 Å². The van der Waals surface area contributed by atoms with Crippen molar-refractivity contribution in [3.63, 3.8) is 0 Å². The number of rotatable bonds is 7. The molecule has 1 N–H and O–H groups in total. The number of piperazine rings is 1. The molecular formula is C26H31ClFN5O3. The Morgan fingerprint density at radius 2 is 1.86 bits per heavy atom. The lowest BCUT2D eigenvalue weighted by molar-refractivity contribution is -0.133. The van der Waals surface area contributed by atoms with Gasteiger partial charge in [-0.25, -0.2) is 19.2 Å². The fourth-order valence-electron chi connectivity index (χ4n) is 5.36. The Bertz CT molecular complexity index is 1120. The molecule has 8 nitrogen and oxygen atoms in total. The largest absolute Gasteiger partial charge is 0.465 e. The van der Waals surface area contributed by atoms with Crippen LogP contribution in [-0.2, 0) is 4.79 Å². The standard InChI is InChI=1S/C26H31ClFN5O3/c1-16-12-21(28)23-22(16)24(30-15-29-23)31-8-10-32(11-9-31)25(34)20(18-4-6-19(27)7-5-18)14-33(26(35)36)13-17-2-3-17/h4-7,15-17,20-21H,2-3,8-14H2,1H3,(H,35,36)/t16-,20-,21-/m1/s1. The van der Waals surface area contributed by atoms with E-state index in [0.717, 1.165) is 29.8 Å². The Balaban J connectivity index is 1.32. The molecule has 0 unspecified atom stereocenters. The number of benzene rings is 1. The first-order valence-corrected chi connectivity index (χ1v) is 13.0. The lowest BCUT2D eigenvalue weighted by Gasteiger charge is -2.38. The third-order valence-electron chi connectivity index (χ3n) is 7.55. The van der Waals surface area contributed by atoms with E-state index >= 15 is 0 Å². The third-order valence-corrected chi connectivity index (χ3v) is 7.81. The van der Waals surface area contributed by atoms with Crippen LogP contribution in [0.5, 0.6) is 0 Å². The maximum atomic E-state index is 14.4. The minimum Gasteiger partial charge on any atom is -0.465 e. The second-order valence-electron chi connectivity index (χ2n) is 10.1. The van der Waals surface area contributed by atoms with Crippen molar-refractivity contribution >= 4 is 29.4 Å². The van der Waals surface area contributed by atoms with Crippen molar-refractivity contribution in [1.82, 2.24) is 19.8 Å². The van der Waals surface area contributed by atoms with Gasteiger partial charge < -0.3 is 19.8 Å². The topological polar surface area (TPSA) is 89.9 Å². The molecule has 192 valence electrons. The van der Waals surface area contributed by atoms with Crippen LogP contribution in [0.4, 0.5) is 15.0 Å². The molecule has 10 heteroatoms. The number of anilines is 1. The van der Waals surface area contributed by atoms with E-state index in [-0.39, 0.29) is 18.4 Å². The number of nitrogens with zero attached hydrogens (tertiary/aromatic N) is 5. The van der Waals surface area contributed by atoms with Crippen LogP contribution in [0.3, 0.4) is 0 Å². The Labute approximate surface area is 215 Å². The van der Waals surface area contributed by atoms with Gasteiger partial charge in [-0.05, 0) is 48.8 Å². The maximum absolute atomic E-state index is 14.4. The summed E-state index contributed by atoms with van der Waals surface area (Å²) >= 11 is 6.07. The molecule has 3 aliphatic rings. The number of aromatic nitrogens is 2. The second-order valence-corrected chi connectivity index (χ2v) is 10.6. The van der Waals surface area contributed by atoms with Crippen LogP contribution in [0.25, 0.3) is 0 Å². The van der Waals surface area contributed by atoms with Gasteiger partial charge in [-0.15, -0.1) is 0 Å². The number of hydrogen-bond acceptors (Lipinski definition) is 5. The van der Waals surface area contributed by atoms with Crippen molar-refractivity contribution in [2.24, 2.45) is 5.92 Å². The summed E-state index contributed by atoms with van der Waals surface area (Å²) < 4.78 is 14.4. The first-order valence-electron chi connectivity index (χ1n) is 12.6. The van der Waals surface area contributed by atoms with Gasteiger partial charge in [-0.3, -0.25) is 4.79 Å². The molecule has 1 aliphatic heterocycles. The molecular weight excluding hydrogens is 485 g/mol. The number of carbonyl (C=O) groups is 2. The van der Waals surface area contributed by atoms with E-state index in [1.165, 1.54) is 11.2 Å². The number of carboxylic acid groups (broad SMARTS) is 1. The van der Waals surface area contributed by atoms with Crippen LogP contribution in [0, 0.1) is 5.92 Å². The van der Waals surface area contributed by atoms with E-state index in [0.29, 0.717) is 55.8 Å². The Kier molecular flexibility index (Phi) is 7.01. The van der Waals surface area contributed by atoms with Crippen molar-refractivity contribution in [3.8, 4) is 0 Å². The van der Waals surface area contributed by atoms with Crippen LogP contribution in [0.1, 0.15) is 61.0 Å². The van der Waals surface area contributed by atoms with Crippen molar-refractivity contribution in [1.29, 1.82) is 0 Å². The zero-order chi connectivity index (χ0) is 25.4. The first kappa shape index (κ1) is 24.7. The number of fused-ring (bicyclic) bond motifs is 1. The van der Waals surface area contributed by atoms with Gasteiger partial charge in [0.05, 0.1) is 11.6 Å². The highest BCUT2D eigenvalue weighted by Crippen LogP contribution is 2.44. The molecule has 2 heterocycles. The van der Waals surface area contributed by atoms with Crippen LogP contribution in [-0.4, -0.2) is 76.1 Å². The van der Waals surface area contributed by atoms with Crippen molar-refractivity contribution in [2.75, 3.05) is 44.2 Å². The van der Waals surface area contributed by atoms with Gasteiger partial charge in [-0.1, -0.05) is 30.7 Å². The highest BCUT2D eigenvalue weighted by Gasteiger charge is 2.37. The van der Waals surface area contributed by atoms with Crippen molar-refractivity contribution < 1.29 is 19.1 Å². The number of halogens is 2. The van der Waals surface area contributed by atoms with Gasteiger partial charge in [0.2, 0.25) is 5.91 Å². The van der Waals surface area contributed by atoms with Crippen LogP contribution in [0.2, 0.25) is 5.02 Å². The Morgan fingerprint density at radius 1 is 1.17 bits per heavy atom. The second kappa shape index (κ2) is 10.2. The lowest BCUT2D eigenvalue weighted by atomic mass is 9.96. The van der Waals surface area contributed by atoms with E-state index in [9.17, 15) is 19.1 Å². The van der Waals surface area contributed by atoms with E-state index in [2.05, 4.69) is 14.9 Å².